The van der Waals surface area contributed by atoms with Crippen molar-refractivity contribution >= 4 is 18.0 Å². The van der Waals surface area contributed by atoms with E-state index in [0.717, 1.165) is 88.7 Å². The van der Waals surface area contributed by atoms with Crippen molar-refractivity contribution in [2.75, 3.05) is 32.7 Å². The van der Waals surface area contributed by atoms with Crippen LogP contribution in [0.15, 0.2) is 59.8 Å². The number of carbonyl (C=O) groups excluding carboxylic acids is 2. The van der Waals surface area contributed by atoms with Crippen LogP contribution in [0.1, 0.15) is 63.0 Å². The van der Waals surface area contributed by atoms with Crippen LogP contribution in [0.4, 0.5) is 0 Å². The maximum Gasteiger partial charge on any atom is 0.229 e. The highest BCUT2D eigenvalue weighted by molar-refractivity contribution is 5.85. The number of likely N-dealkylation sites (tertiary alicyclic amines) is 2. The lowest BCUT2D eigenvalue weighted by atomic mass is 9.77. The number of hydrogen-bond acceptors (Lipinski definition) is 5. The number of allylic oxidation sites excluding steroid dienone is 1. The average molecular weight is 493 g/mol. The summed E-state index contributed by atoms with van der Waals surface area (Å²) in [5.74, 6) is 0.602. The maximum absolute atomic E-state index is 13.3. The van der Waals surface area contributed by atoms with Gasteiger partial charge in [0.2, 0.25) is 11.8 Å². The molecule has 2 N–H and O–H groups in total. The Morgan fingerprint density at radius 2 is 1.86 bits per heavy atom. The molecule has 7 heteroatoms. The molecule has 0 bridgehead atoms. The van der Waals surface area contributed by atoms with Gasteiger partial charge in [-0.2, -0.15) is 0 Å². The van der Waals surface area contributed by atoms with Crippen LogP contribution in [0, 0.1) is 11.3 Å². The summed E-state index contributed by atoms with van der Waals surface area (Å²) >= 11 is 0. The Labute approximate surface area is 214 Å². The minimum absolute atomic E-state index is 0.0189. The molecule has 2 saturated heterocycles. The van der Waals surface area contributed by atoms with Crippen molar-refractivity contribution in [2.45, 2.75) is 57.4 Å². The predicted molar refractivity (Wildman–Crippen MR) is 142 cm³/mol. The van der Waals surface area contributed by atoms with Crippen LogP contribution in [-0.2, 0) is 9.59 Å². The summed E-state index contributed by atoms with van der Waals surface area (Å²) in [6.07, 6.45) is 12.5. The van der Waals surface area contributed by atoms with Crippen molar-refractivity contribution in [2.24, 2.45) is 16.5 Å². The Kier molecular flexibility index (Phi) is 8.97. The van der Waals surface area contributed by atoms with E-state index in [4.69, 9.17) is 5.21 Å². The van der Waals surface area contributed by atoms with E-state index in [2.05, 4.69) is 34.1 Å². The number of oxime groups is 1. The first-order chi connectivity index (χ1) is 17.5. The smallest absolute Gasteiger partial charge is 0.229 e. The minimum atomic E-state index is -0.261. The van der Waals surface area contributed by atoms with Gasteiger partial charge in [-0.25, -0.2) is 0 Å². The molecule has 3 aliphatic rings. The predicted octanol–water partition coefficient (Wildman–Crippen LogP) is 4.31. The Bertz CT molecular complexity index is 960. The van der Waals surface area contributed by atoms with Crippen LogP contribution < -0.4 is 5.32 Å². The molecule has 7 nitrogen and oxygen atoms in total. The Hall–Kier alpha value is -2.93. The number of carbonyl (C=O) groups is 2. The standard InChI is InChI=1S/C29H40N4O3/c1-2-23(12-17-30-36)22-33-21-16-29(28(33)35)14-19-32(20-15-29)18-13-26(24-8-4-3-5-9-24)31-27(34)25-10-6-7-11-25/h2-5,8-9,12,17,25-26,36H,1,6-7,10-11,13-16,18-22H2,(H,31,34)/b23-12+,30-17+/t26-/m0/s1. The van der Waals surface area contributed by atoms with Gasteiger partial charge in [0, 0.05) is 25.6 Å². The van der Waals surface area contributed by atoms with E-state index in [1.807, 2.05) is 23.1 Å². The zero-order valence-electron chi connectivity index (χ0n) is 21.3. The fourth-order valence-corrected chi connectivity index (χ4v) is 6.04. The van der Waals surface area contributed by atoms with Crippen molar-refractivity contribution in [1.29, 1.82) is 0 Å². The normalized spacial score (nSPS) is 21.9. The molecule has 1 aromatic carbocycles. The van der Waals surface area contributed by atoms with Gasteiger partial charge in [-0.3, -0.25) is 9.59 Å². The van der Waals surface area contributed by atoms with Gasteiger partial charge in [-0.1, -0.05) is 61.0 Å². The van der Waals surface area contributed by atoms with E-state index in [9.17, 15) is 9.59 Å². The summed E-state index contributed by atoms with van der Waals surface area (Å²) in [5, 5.41) is 15.0. The van der Waals surface area contributed by atoms with Gasteiger partial charge in [0.05, 0.1) is 17.7 Å². The third kappa shape index (κ3) is 6.25. The number of rotatable bonds is 10. The second-order valence-electron chi connectivity index (χ2n) is 10.6. The number of hydrogen-bond donors (Lipinski definition) is 2. The SMILES string of the molecule is C=C/C(=C\C=N\O)CN1CCC2(CCN(CC[C@H](NC(=O)C3CCCC3)c3ccccc3)CC2)C1=O. The first kappa shape index (κ1) is 26.1. The molecule has 0 unspecified atom stereocenters. The van der Waals surface area contributed by atoms with E-state index in [-0.39, 0.29) is 29.2 Å². The highest BCUT2D eigenvalue weighted by Gasteiger charge is 2.47. The van der Waals surface area contributed by atoms with E-state index in [0.29, 0.717) is 6.54 Å². The van der Waals surface area contributed by atoms with Gasteiger partial charge in [-0.05, 0) is 68.8 Å². The molecule has 2 aliphatic heterocycles. The summed E-state index contributed by atoms with van der Waals surface area (Å²) in [6.45, 7) is 7.77. The number of amides is 2. The van der Waals surface area contributed by atoms with Crippen LogP contribution in [0.25, 0.3) is 0 Å². The topological polar surface area (TPSA) is 85.2 Å². The molecule has 1 aliphatic carbocycles. The van der Waals surface area contributed by atoms with Gasteiger partial charge >= 0.3 is 0 Å². The van der Waals surface area contributed by atoms with Gasteiger partial charge < -0.3 is 20.3 Å². The molecular weight excluding hydrogens is 452 g/mol. The third-order valence-corrected chi connectivity index (χ3v) is 8.38. The summed E-state index contributed by atoms with van der Waals surface area (Å²) < 4.78 is 0. The van der Waals surface area contributed by atoms with Crippen LogP contribution >= 0.6 is 0 Å². The maximum atomic E-state index is 13.3. The molecule has 36 heavy (non-hydrogen) atoms. The van der Waals surface area contributed by atoms with E-state index in [1.54, 1.807) is 12.2 Å². The number of piperidine rings is 1. The first-order valence-electron chi connectivity index (χ1n) is 13.4. The van der Waals surface area contributed by atoms with E-state index >= 15 is 0 Å². The van der Waals surface area contributed by atoms with Crippen LogP contribution in [-0.4, -0.2) is 65.8 Å². The fraction of sp³-hybridized carbons (Fsp3) is 0.552. The lowest BCUT2D eigenvalue weighted by Gasteiger charge is -2.38. The number of nitrogens with one attached hydrogen (secondary N) is 1. The first-order valence-corrected chi connectivity index (χ1v) is 13.4. The minimum Gasteiger partial charge on any atom is -0.411 e. The van der Waals surface area contributed by atoms with Gasteiger partial charge in [0.1, 0.15) is 0 Å². The molecule has 1 aromatic rings. The molecule has 4 rings (SSSR count). The largest absolute Gasteiger partial charge is 0.411 e. The molecule has 2 heterocycles. The third-order valence-electron chi connectivity index (χ3n) is 8.38. The molecule has 1 saturated carbocycles. The zero-order chi connectivity index (χ0) is 25.4. The van der Waals surface area contributed by atoms with Crippen LogP contribution in [0.2, 0.25) is 0 Å². The van der Waals surface area contributed by atoms with Gasteiger partial charge in [-0.15, -0.1) is 0 Å². The van der Waals surface area contributed by atoms with Crippen LogP contribution in [0.5, 0.6) is 0 Å². The molecule has 0 radical (unpaired) electrons. The van der Waals surface area contributed by atoms with E-state index < -0.39 is 0 Å². The summed E-state index contributed by atoms with van der Waals surface area (Å²) in [6, 6.07) is 10.3. The molecule has 1 spiro atoms. The van der Waals surface area contributed by atoms with Gasteiger partial charge in [0.25, 0.3) is 0 Å². The van der Waals surface area contributed by atoms with Gasteiger partial charge in [0.15, 0.2) is 0 Å². The second-order valence-corrected chi connectivity index (χ2v) is 10.6. The number of benzene rings is 1. The van der Waals surface area contributed by atoms with E-state index in [1.165, 1.54) is 6.21 Å². The highest BCUT2D eigenvalue weighted by Crippen LogP contribution is 2.42. The van der Waals surface area contributed by atoms with Crippen molar-refractivity contribution in [3.63, 3.8) is 0 Å². The van der Waals surface area contributed by atoms with Crippen molar-refractivity contribution in [3.8, 4) is 0 Å². The van der Waals surface area contributed by atoms with Crippen molar-refractivity contribution in [3.05, 3.63) is 60.2 Å². The lowest BCUT2D eigenvalue weighted by molar-refractivity contribution is -0.138. The average Bonchev–Trinajstić information content (AvgIpc) is 3.56. The van der Waals surface area contributed by atoms with Crippen LogP contribution in [0.3, 0.4) is 0 Å². The summed E-state index contributed by atoms with van der Waals surface area (Å²) in [7, 11) is 0. The molecule has 3 fully saturated rings. The Morgan fingerprint density at radius 3 is 2.53 bits per heavy atom. The molecule has 0 aromatic heterocycles. The summed E-state index contributed by atoms with van der Waals surface area (Å²) in [4.78, 5) is 30.6. The monoisotopic (exact) mass is 492 g/mol. The molecule has 194 valence electrons. The molecule has 1 atom stereocenters. The molecular formula is C29H40N4O3. The zero-order valence-corrected chi connectivity index (χ0v) is 21.3. The number of nitrogens with zero attached hydrogens (tertiary/aromatic N) is 3. The fourth-order valence-electron chi connectivity index (χ4n) is 6.04. The molecule has 2 amide bonds. The second kappa shape index (κ2) is 12.3. The van der Waals surface area contributed by atoms with Crippen molar-refractivity contribution in [1.82, 2.24) is 15.1 Å². The quantitative estimate of drug-likeness (QED) is 0.221. The lowest BCUT2D eigenvalue weighted by Crippen LogP contribution is -2.45. The highest BCUT2D eigenvalue weighted by atomic mass is 16.4. The van der Waals surface area contributed by atoms with Crippen molar-refractivity contribution < 1.29 is 14.8 Å². The Balaban J connectivity index is 1.31. The summed E-state index contributed by atoms with van der Waals surface area (Å²) in [5.41, 5.74) is 1.77. The Morgan fingerprint density at radius 1 is 1.17 bits per heavy atom.